The van der Waals surface area contributed by atoms with Crippen molar-refractivity contribution in [3.8, 4) is 0 Å². The van der Waals surface area contributed by atoms with Gasteiger partial charge in [-0.2, -0.15) is 13.2 Å². The van der Waals surface area contributed by atoms with Crippen molar-refractivity contribution < 1.29 is 17.9 Å². The highest BCUT2D eigenvalue weighted by Crippen LogP contribution is 2.33. The molecule has 21 heavy (non-hydrogen) atoms. The molecule has 0 amide bonds. The minimum atomic E-state index is -4.37. The number of aromatic nitrogens is 1. The Bertz CT molecular complexity index is 473. The van der Waals surface area contributed by atoms with E-state index >= 15 is 0 Å². The number of pyridine rings is 1. The van der Waals surface area contributed by atoms with E-state index in [9.17, 15) is 13.2 Å². The second-order valence-corrected chi connectivity index (χ2v) is 5.28. The van der Waals surface area contributed by atoms with E-state index in [1.54, 1.807) is 19.0 Å². The van der Waals surface area contributed by atoms with Crippen LogP contribution in [0, 0.1) is 5.92 Å². The van der Waals surface area contributed by atoms with Crippen molar-refractivity contribution in [3.63, 3.8) is 0 Å². The molecule has 0 spiro atoms. The topological polar surface area (TPSA) is 37.4 Å². The second kappa shape index (κ2) is 6.51. The maximum absolute atomic E-state index is 12.9. The van der Waals surface area contributed by atoms with Gasteiger partial charge in [-0.05, 0) is 30.9 Å². The van der Waals surface area contributed by atoms with Gasteiger partial charge < -0.3 is 15.0 Å². The molecule has 0 aliphatic carbocycles. The van der Waals surface area contributed by atoms with Crippen LogP contribution in [0.25, 0.3) is 0 Å². The van der Waals surface area contributed by atoms with Gasteiger partial charge in [0, 0.05) is 33.9 Å². The van der Waals surface area contributed by atoms with Crippen LogP contribution in [-0.2, 0) is 10.9 Å². The first-order valence-electron chi connectivity index (χ1n) is 6.96. The fraction of sp³-hybridized carbons (Fsp3) is 0.643. The fourth-order valence-corrected chi connectivity index (χ4v) is 2.41. The summed E-state index contributed by atoms with van der Waals surface area (Å²) in [7, 11) is 3.34. The first-order valence-corrected chi connectivity index (χ1v) is 6.96. The predicted molar refractivity (Wildman–Crippen MR) is 75.6 cm³/mol. The smallest absolute Gasteiger partial charge is 0.381 e. The molecule has 1 aliphatic heterocycles. The molecule has 1 aromatic rings. The summed E-state index contributed by atoms with van der Waals surface area (Å²) in [6, 6.07) is 2.12. The largest absolute Gasteiger partial charge is 0.416 e. The molecule has 1 fully saturated rings. The van der Waals surface area contributed by atoms with E-state index in [2.05, 4.69) is 10.3 Å². The van der Waals surface area contributed by atoms with Crippen LogP contribution in [-0.4, -0.2) is 38.8 Å². The van der Waals surface area contributed by atoms with Gasteiger partial charge in [-0.3, -0.25) is 0 Å². The molecule has 7 heteroatoms. The Morgan fingerprint density at radius 2 is 2.00 bits per heavy atom. The Labute approximate surface area is 122 Å². The van der Waals surface area contributed by atoms with E-state index in [1.807, 2.05) is 0 Å². The number of halogens is 3. The third-order valence-corrected chi connectivity index (χ3v) is 3.66. The molecule has 118 valence electrons. The van der Waals surface area contributed by atoms with Gasteiger partial charge in [-0.1, -0.05) is 0 Å². The average Bonchev–Trinajstić information content (AvgIpc) is 2.46. The van der Waals surface area contributed by atoms with E-state index in [4.69, 9.17) is 4.74 Å². The summed E-state index contributed by atoms with van der Waals surface area (Å²) in [5.74, 6) is 0.984. The molecule has 2 rings (SSSR count). The molecular weight excluding hydrogens is 283 g/mol. The maximum Gasteiger partial charge on any atom is 0.416 e. The number of rotatable bonds is 4. The summed E-state index contributed by atoms with van der Waals surface area (Å²) in [5.41, 5.74) is -0.685. The number of alkyl halides is 3. The van der Waals surface area contributed by atoms with Gasteiger partial charge in [0.2, 0.25) is 0 Å². The fourth-order valence-electron chi connectivity index (χ4n) is 2.41. The highest BCUT2D eigenvalue weighted by molar-refractivity contribution is 5.50. The molecule has 1 N–H and O–H groups in total. The molecule has 0 bridgehead atoms. The van der Waals surface area contributed by atoms with Crippen molar-refractivity contribution in [1.82, 2.24) is 4.98 Å². The zero-order valence-electron chi connectivity index (χ0n) is 12.2. The first kappa shape index (κ1) is 15.9. The van der Waals surface area contributed by atoms with Gasteiger partial charge in [-0.15, -0.1) is 0 Å². The molecule has 0 unspecified atom stereocenters. The highest BCUT2D eigenvalue weighted by Gasteiger charge is 2.32. The van der Waals surface area contributed by atoms with Crippen LogP contribution in [0.4, 0.5) is 24.8 Å². The molecule has 2 heterocycles. The van der Waals surface area contributed by atoms with Crippen LogP contribution in [0.15, 0.2) is 12.1 Å². The van der Waals surface area contributed by atoms with Gasteiger partial charge in [0.1, 0.15) is 11.6 Å². The predicted octanol–water partition coefficient (Wildman–Crippen LogP) is 3.00. The van der Waals surface area contributed by atoms with E-state index in [0.29, 0.717) is 18.3 Å². The van der Waals surface area contributed by atoms with Crippen molar-refractivity contribution in [2.75, 3.05) is 44.1 Å². The molecule has 0 radical (unpaired) electrons. The van der Waals surface area contributed by atoms with Gasteiger partial charge >= 0.3 is 6.18 Å². The van der Waals surface area contributed by atoms with Crippen LogP contribution < -0.4 is 10.2 Å². The van der Waals surface area contributed by atoms with Crippen molar-refractivity contribution in [2.45, 2.75) is 19.0 Å². The number of ether oxygens (including phenoxy) is 1. The number of nitrogens with one attached hydrogen (secondary N) is 1. The Morgan fingerprint density at radius 3 is 2.57 bits per heavy atom. The third-order valence-electron chi connectivity index (χ3n) is 3.66. The Kier molecular flexibility index (Phi) is 4.92. The molecule has 4 nitrogen and oxygen atoms in total. The molecule has 0 saturated carbocycles. The molecule has 0 atom stereocenters. The van der Waals surface area contributed by atoms with Crippen molar-refractivity contribution in [1.29, 1.82) is 0 Å². The number of anilines is 2. The van der Waals surface area contributed by atoms with E-state index in [1.165, 1.54) is 0 Å². The number of nitrogens with zero attached hydrogens (tertiary/aromatic N) is 2. The zero-order chi connectivity index (χ0) is 15.5. The second-order valence-electron chi connectivity index (χ2n) is 5.28. The van der Waals surface area contributed by atoms with E-state index in [-0.39, 0.29) is 5.82 Å². The molecule has 1 aliphatic rings. The monoisotopic (exact) mass is 303 g/mol. The summed E-state index contributed by atoms with van der Waals surface area (Å²) >= 11 is 0. The zero-order valence-corrected chi connectivity index (χ0v) is 12.2. The summed E-state index contributed by atoms with van der Waals surface area (Å²) in [5, 5.41) is 2.68. The lowest BCUT2D eigenvalue weighted by Crippen LogP contribution is -2.30. The lowest BCUT2D eigenvalue weighted by atomic mass is 10.00. The molecular formula is C14H20F3N3O. The van der Waals surface area contributed by atoms with Crippen molar-refractivity contribution in [3.05, 3.63) is 17.7 Å². The van der Waals surface area contributed by atoms with Crippen molar-refractivity contribution >= 4 is 11.6 Å². The third kappa shape index (κ3) is 4.23. The quantitative estimate of drug-likeness (QED) is 0.928. The number of hydrogen-bond acceptors (Lipinski definition) is 4. The van der Waals surface area contributed by atoms with Gasteiger partial charge in [-0.25, -0.2) is 4.98 Å². The lowest BCUT2D eigenvalue weighted by Gasteiger charge is -2.28. The highest BCUT2D eigenvalue weighted by atomic mass is 19.4. The van der Waals surface area contributed by atoms with Gasteiger partial charge in [0.15, 0.2) is 0 Å². The van der Waals surface area contributed by atoms with E-state index < -0.39 is 11.7 Å². The maximum atomic E-state index is 12.9. The Morgan fingerprint density at radius 1 is 1.33 bits per heavy atom. The Balaban J connectivity index is 2.17. The summed E-state index contributed by atoms with van der Waals surface area (Å²) in [6.45, 7) is 2.12. The van der Waals surface area contributed by atoms with Gasteiger partial charge in [0.25, 0.3) is 0 Å². The minimum absolute atomic E-state index is 0.221. The minimum Gasteiger partial charge on any atom is -0.381 e. The first-order chi connectivity index (χ1) is 9.90. The summed E-state index contributed by atoms with van der Waals surface area (Å²) in [6.07, 6.45) is -2.51. The summed E-state index contributed by atoms with van der Waals surface area (Å²) in [4.78, 5) is 6.00. The van der Waals surface area contributed by atoms with Crippen LogP contribution in [0.1, 0.15) is 18.4 Å². The SMILES string of the molecule is CNc1cc(C(F)(F)F)cc(N(C)CC2CCOCC2)n1. The summed E-state index contributed by atoms with van der Waals surface area (Å²) < 4.78 is 44.0. The Hall–Kier alpha value is -1.50. The van der Waals surface area contributed by atoms with Gasteiger partial charge in [0.05, 0.1) is 5.56 Å². The van der Waals surface area contributed by atoms with Crippen LogP contribution >= 0.6 is 0 Å². The average molecular weight is 303 g/mol. The standard InChI is InChI=1S/C14H20F3N3O/c1-18-12-7-11(14(15,16)17)8-13(19-12)20(2)9-10-3-5-21-6-4-10/h7-8,10H,3-6,9H2,1-2H3,(H,18,19). The van der Waals surface area contributed by atoms with Crippen LogP contribution in [0.5, 0.6) is 0 Å². The molecule has 0 aromatic carbocycles. The van der Waals surface area contributed by atoms with Crippen LogP contribution in [0.2, 0.25) is 0 Å². The van der Waals surface area contributed by atoms with E-state index in [0.717, 1.165) is 38.2 Å². The molecule has 1 saturated heterocycles. The molecule has 1 aromatic heterocycles. The number of hydrogen-bond donors (Lipinski definition) is 1. The van der Waals surface area contributed by atoms with Crippen LogP contribution in [0.3, 0.4) is 0 Å². The normalized spacial score (nSPS) is 16.8. The lowest BCUT2D eigenvalue weighted by molar-refractivity contribution is -0.137. The van der Waals surface area contributed by atoms with Crippen molar-refractivity contribution in [2.24, 2.45) is 5.92 Å².